The van der Waals surface area contributed by atoms with Gasteiger partial charge in [-0.05, 0) is 18.9 Å². The highest BCUT2D eigenvalue weighted by molar-refractivity contribution is 6.35. The quantitative estimate of drug-likeness (QED) is 0.842. The van der Waals surface area contributed by atoms with Crippen molar-refractivity contribution in [3.63, 3.8) is 0 Å². The van der Waals surface area contributed by atoms with Crippen LogP contribution in [0.3, 0.4) is 0 Å². The van der Waals surface area contributed by atoms with Crippen LogP contribution >= 0.6 is 23.2 Å². The number of hydrogen-bond acceptors (Lipinski definition) is 3. The smallest absolute Gasteiger partial charge is 0.253 e. The lowest BCUT2D eigenvalue weighted by atomic mass is 10.1. The summed E-state index contributed by atoms with van der Waals surface area (Å²) < 4.78 is 5.29. The van der Waals surface area contributed by atoms with Crippen molar-refractivity contribution in [1.29, 1.82) is 0 Å². The molecule has 0 bridgehead atoms. The van der Waals surface area contributed by atoms with Gasteiger partial charge >= 0.3 is 0 Å². The number of halogens is 2. The van der Waals surface area contributed by atoms with Crippen molar-refractivity contribution < 1.29 is 9.53 Å². The molecule has 1 saturated heterocycles. The van der Waals surface area contributed by atoms with E-state index in [1.54, 1.807) is 0 Å². The van der Waals surface area contributed by atoms with Gasteiger partial charge in [0, 0.05) is 12.8 Å². The van der Waals surface area contributed by atoms with Crippen LogP contribution in [0.15, 0.2) is 12.3 Å². The molecule has 4 nitrogen and oxygen atoms in total. The third kappa shape index (κ3) is 3.31. The predicted octanol–water partition coefficient (Wildman–Crippen LogP) is 2.30. The number of rotatable bonds is 2. The monoisotopic (exact) mass is 274 g/mol. The molecular weight excluding hydrogens is 263 g/mol. The van der Waals surface area contributed by atoms with Crippen LogP contribution in [0.25, 0.3) is 0 Å². The molecule has 1 atom stereocenters. The van der Waals surface area contributed by atoms with Crippen molar-refractivity contribution in [3.05, 3.63) is 28.0 Å². The second-order valence-electron chi connectivity index (χ2n) is 3.87. The van der Waals surface area contributed by atoms with E-state index in [9.17, 15) is 4.79 Å². The minimum absolute atomic E-state index is 0.0410. The summed E-state index contributed by atoms with van der Waals surface area (Å²) in [7, 11) is 0. The highest BCUT2D eigenvalue weighted by Crippen LogP contribution is 2.18. The molecule has 92 valence electrons. The molecule has 1 unspecified atom stereocenters. The highest BCUT2D eigenvalue weighted by atomic mass is 35.5. The Labute approximate surface area is 109 Å². The number of carbonyl (C=O) groups is 1. The third-order valence-corrected chi connectivity index (χ3v) is 3.07. The lowest BCUT2D eigenvalue weighted by molar-refractivity contribution is 0.0624. The Balaban J connectivity index is 2.05. The molecule has 1 aromatic rings. The first-order valence-corrected chi connectivity index (χ1v) is 6.12. The number of nitrogens with zero attached hydrogens (tertiary/aromatic N) is 1. The summed E-state index contributed by atoms with van der Waals surface area (Å²) >= 11 is 11.6. The molecule has 0 aromatic carbocycles. The van der Waals surface area contributed by atoms with Gasteiger partial charge in [-0.3, -0.25) is 4.79 Å². The van der Waals surface area contributed by atoms with E-state index in [0.29, 0.717) is 17.2 Å². The molecule has 1 aliphatic heterocycles. The molecule has 17 heavy (non-hydrogen) atoms. The van der Waals surface area contributed by atoms with Crippen molar-refractivity contribution in [3.8, 4) is 0 Å². The van der Waals surface area contributed by atoms with Crippen LogP contribution in [0, 0.1) is 0 Å². The van der Waals surface area contributed by atoms with Crippen LogP contribution in [0.4, 0.5) is 0 Å². The van der Waals surface area contributed by atoms with Gasteiger partial charge in [-0.15, -0.1) is 0 Å². The Morgan fingerprint density at radius 3 is 3.06 bits per heavy atom. The Kier molecular flexibility index (Phi) is 4.20. The zero-order valence-electron chi connectivity index (χ0n) is 9.08. The molecule has 1 aliphatic rings. The number of aromatic nitrogens is 1. The van der Waals surface area contributed by atoms with E-state index in [2.05, 4.69) is 10.3 Å². The maximum atomic E-state index is 11.9. The molecule has 1 fully saturated rings. The molecule has 1 aromatic heterocycles. The zero-order valence-corrected chi connectivity index (χ0v) is 10.6. The van der Waals surface area contributed by atoms with E-state index in [0.717, 1.165) is 19.4 Å². The van der Waals surface area contributed by atoms with E-state index >= 15 is 0 Å². The van der Waals surface area contributed by atoms with Crippen molar-refractivity contribution in [1.82, 2.24) is 10.3 Å². The Morgan fingerprint density at radius 2 is 2.35 bits per heavy atom. The Bertz CT molecular complexity index is 420. The van der Waals surface area contributed by atoms with Crippen molar-refractivity contribution in [2.45, 2.75) is 18.9 Å². The third-order valence-electron chi connectivity index (χ3n) is 2.56. The van der Waals surface area contributed by atoms with Crippen LogP contribution < -0.4 is 5.32 Å². The maximum Gasteiger partial charge on any atom is 0.253 e. The fourth-order valence-corrected chi connectivity index (χ4v) is 2.05. The van der Waals surface area contributed by atoms with Gasteiger partial charge in [0.2, 0.25) is 0 Å². The van der Waals surface area contributed by atoms with Crippen LogP contribution in [0.5, 0.6) is 0 Å². The molecule has 1 N–H and O–H groups in total. The molecular formula is C11H12Cl2N2O2. The van der Waals surface area contributed by atoms with Crippen molar-refractivity contribution in [2.75, 3.05) is 13.2 Å². The number of nitrogens with one attached hydrogen (secondary N) is 1. The van der Waals surface area contributed by atoms with Crippen LogP contribution in [-0.2, 0) is 4.74 Å². The van der Waals surface area contributed by atoms with Gasteiger partial charge < -0.3 is 10.1 Å². The number of carbonyl (C=O) groups excluding carboxylic acids is 1. The minimum atomic E-state index is -0.241. The van der Waals surface area contributed by atoms with Gasteiger partial charge in [0.15, 0.2) is 0 Å². The minimum Gasteiger partial charge on any atom is -0.379 e. The topological polar surface area (TPSA) is 51.2 Å². The summed E-state index contributed by atoms with van der Waals surface area (Å²) in [6.45, 7) is 1.30. The molecule has 0 saturated carbocycles. The first-order valence-electron chi connectivity index (χ1n) is 5.36. The molecule has 0 radical (unpaired) electrons. The van der Waals surface area contributed by atoms with Gasteiger partial charge in [0.25, 0.3) is 5.91 Å². The lowest BCUT2D eigenvalue weighted by Gasteiger charge is -2.23. The average molecular weight is 275 g/mol. The number of ether oxygens (including phenoxy) is 1. The maximum absolute atomic E-state index is 11.9. The van der Waals surface area contributed by atoms with E-state index in [1.165, 1.54) is 12.3 Å². The molecule has 2 rings (SSSR count). The second-order valence-corrected chi connectivity index (χ2v) is 4.67. The summed E-state index contributed by atoms with van der Waals surface area (Å²) in [5, 5.41) is 3.41. The van der Waals surface area contributed by atoms with E-state index in [1.807, 2.05) is 0 Å². The van der Waals surface area contributed by atoms with Crippen LogP contribution in [-0.4, -0.2) is 30.1 Å². The highest BCUT2D eigenvalue weighted by Gasteiger charge is 2.19. The molecule has 1 amide bonds. The molecule has 0 spiro atoms. The number of pyridine rings is 1. The Hall–Kier alpha value is -0.840. The van der Waals surface area contributed by atoms with E-state index in [4.69, 9.17) is 27.9 Å². The first kappa shape index (κ1) is 12.6. The standard InChI is InChI=1S/C11H12Cl2N2O2/c12-9-5-14-10(13)4-8(9)11(16)15-7-2-1-3-17-6-7/h4-5,7H,1-3,6H2,(H,15,16). The number of amides is 1. The summed E-state index contributed by atoms with van der Waals surface area (Å²) in [6, 6.07) is 1.50. The van der Waals surface area contributed by atoms with Gasteiger partial charge in [-0.25, -0.2) is 4.98 Å². The van der Waals surface area contributed by atoms with Crippen molar-refractivity contribution in [2.24, 2.45) is 0 Å². The fraction of sp³-hybridized carbons (Fsp3) is 0.455. The summed E-state index contributed by atoms with van der Waals surface area (Å²) in [5.74, 6) is -0.241. The van der Waals surface area contributed by atoms with Crippen molar-refractivity contribution >= 4 is 29.1 Å². The van der Waals surface area contributed by atoms with Gasteiger partial charge in [-0.1, -0.05) is 23.2 Å². The SMILES string of the molecule is O=C(NC1CCCOC1)c1cc(Cl)ncc1Cl. The van der Waals surface area contributed by atoms with E-state index in [-0.39, 0.29) is 17.1 Å². The second kappa shape index (κ2) is 5.67. The summed E-state index contributed by atoms with van der Waals surface area (Å²) in [4.78, 5) is 15.7. The zero-order chi connectivity index (χ0) is 12.3. The van der Waals surface area contributed by atoms with Crippen LogP contribution in [0.2, 0.25) is 10.2 Å². The fourth-order valence-electron chi connectivity index (χ4n) is 1.70. The van der Waals surface area contributed by atoms with Gasteiger partial charge in [0.1, 0.15) is 5.15 Å². The van der Waals surface area contributed by atoms with Gasteiger partial charge in [-0.2, -0.15) is 0 Å². The molecule has 0 aliphatic carbocycles. The first-order chi connectivity index (χ1) is 8.16. The predicted molar refractivity (Wildman–Crippen MR) is 65.6 cm³/mol. The van der Waals surface area contributed by atoms with E-state index < -0.39 is 0 Å². The number of hydrogen-bond donors (Lipinski definition) is 1. The normalized spacial score (nSPS) is 20.0. The largest absolute Gasteiger partial charge is 0.379 e. The lowest BCUT2D eigenvalue weighted by Crippen LogP contribution is -2.40. The summed E-state index contributed by atoms with van der Waals surface area (Å²) in [5.41, 5.74) is 0.345. The molecule has 6 heteroatoms. The van der Waals surface area contributed by atoms with Crippen LogP contribution in [0.1, 0.15) is 23.2 Å². The molecule has 2 heterocycles. The summed E-state index contributed by atoms with van der Waals surface area (Å²) in [6.07, 6.45) is 3.24. The Morgan fingerprint density at radius 1 is 1.53 bits per heavy atom. The van der Waals surface area contributed by atoms with Gasteiger partial charge in [0.05, 0.1) is 23.2 Å². The average Bonchev–Trinajstić information content (AvgIpc) is 2.33.